The lowest BCUT2D eigenvalue weighted by atomic mass is 10.0. The maximum absolute atomic E-state index is 14.7. The van der Waals surface area contributed by atoms with Crippen LogP contribution in [0.25, 0.3) is 16.7 Å². The van der Waals surface area contributed by atoms with Crippen LogP contribution >= 0.6 is 0 Å². The number of anilines is 1. The summed E-state index contributed by atoms with van der Waals surface area (Å²) in [6.07, 6.45) is -1.89. The normalized spacial score (nSPS) is 15.1. The van der Waals surface area contributed by atoms with Gasteiger partial charge in [0, 0.05) is 25.4 Å². The molecule has 3 heterocycles. The summed E-state index contributed by atoms with van der Waals surface area (Å²) in [6, 6.07) is 3.52. The first-order chi connectivity index (χ1) is 16.5. The molecule has 0 saturated carbocycles. The van der Waals surface area contributed by atoms with Crippen LogP contribution in [0.15, 0.2) is 41.3 Å². The Morgan fingerprint density at radius 1 is 1.09 bits per heavy atom. The third-order valence-electron chi connectivity index (χ3n) is 5.99. The number of aromatic nitrogens is 2. The van der Waals surface area contributed by atoms with E-state index in [0.717, 1.165) is 48.8 Å². The highest BCUT2D eigenvalue weighted by atomic mass is 19.4. The average Bonchev–Trinajstić information content (AvgIpc) is 3.32. The minimum atomic E-state index is -4.74. The monoisotopic (exact) mass is 494 g/mol. The second-order valence-corrected chi connectivity index (χ2v) is 8.81. The van der Waals surface area contributed by atoms with E-state index in [-0.39, 0.29) is 16.7 Å². The van der Waals surface area contributed by atoms with Gasteiger partial charge in [0.25, 0.3) is 5.91 Å². The summed E-state index contributed by atoms with van der Waals surface area (Å²) in [6.45, 7) is 4.05. The number of carbonyl (C=O) groups is 1. The second kappa shape index (κ2) is 9.27. The highest BCUT2D eigenvalue weighted by Crippen LogP contribution is 2.27. The first-order valence-corrected chi connectivity index (χ1v) is 11.1. The highest BCUT2D eigenvalue weighted by Gasteiger charge is 2.43. The molecular formula is C24H23F5N4O2. The highest BCUT2D eigenvalue weighted by molar-refractivity contribution is 5.97. The number of carbonyl (C=O) groups excluding carboxylic acids is 1. The van der Waals surface area contributed by atoms with Crippen molar-refractivity contribution in [2.45, 2.75) is 38.9 Å². The fourth-order valence-electron chi connectivity index (χ4n) is 4.18. The van der Waals surface area contributed by atoms with Crippen LogP contribution in [0.3, 0.4) is 0 Å². The van der Waals surface area contributed by atoms with Crippen molar-refractivity contribution < 1.29 is 26.7 Å². The molecule has 1 fully saturated rings. The SMILES string of the molecule is CC(C)C(NC(=O)c1cn(-c2ccc(F)cc2F)c2nc(N3CCCC3)ccc2c1=O)C(F)(F)F. The van der Waals surface area contributed by atoms with Crippen molar-refractivity contribution in [3.8, 4) is 5.69 Å². The second-order valence-electron chi connectivity index (χ2n) is 8.81. The maximum atomic E-state index is 14.7. The van der Waals surface area contributed by atoms with Crippen molar-refractivity contribution >= 4 is 22.8 Å². The first-order valence-electron chi connectivity index (χ1n) is 11.1. The van der Waals surface area contributed by atoms with Crippen molar-refractivity contribution in [1.82, 2.24) is 14.9 Å². The van der Waals surface area contributed by atoms with E-state index in [1.54, 1.807) is 6.07 Å². The lowest BCUT2D eigenvalue weighted by Gasteiger charge is -2.25. The standard InChI is InChI=1S/C24H23F5N4O2/c1-13(2)21(24(27,28)29)31-23(35)16-12-33(18-7-5-14(25)11-17(18)26)22-15(20(16)34)6-8-19(30-22)32-9-3-4-10-32/h5-8,11-13,21H,3-4,9-10H2,1-2H3,(H,31,35). The first kappa shape index (κ1) is 24.6. The smallest absolute Gasteiger partial charge is 0.357 e. The van der Waals surface area contributed by atoms with Crippen LogP contribution in [0.1, 0.15) is 37.0 Å². The third-order valence-corrected chi connectivity index (χ3v) is 5.99. The molecule has 1 N–H and O–H groups in total. The molecule has 186 valence electrons. The van der Waals surface area contributed by atoms with Gasteiger partial charge >= 0.3 is 6.18 Å². The summed E-state index contributed by atoms with van der Waals surface area (Å²) in [7, 11) is 0. The zero-order valence-corrected chi connectivity index (χ0v) is 19.0. The average molecular weight is 494 g/mol. The number of hydrogen-bond acceptors (Lipinski definition) is 4. The Hall–Kier alpha value is -3.50. The van der Waals surface area contributed by atoms with E-state index in [1.807, 2.05) is 10.2 Å². The molecule has 0 radical (unpaired) electrons. The summed E-state index contributed by atoms with van der Waals surface area (Å²) in [5.41, 5.74) is -1.68. The van der Waals surface area contributed by atoms with E-state index in [4.69, 9.17) is 0 Å². The Labute approximate surface area is 197 Å². The molecule has 0 bridgehead atoms. The molecule has 1 atom stereocenters. The predicted molar refractivity (Wildman–Crippen MR) is 121 cm³/mol. The van der Waals surface area contributed by atoms with E-state index in [0.29, 0.717) is 11.9 Å². The third kappa shape index (κ3) is 4.85. The summed E-state index contributed by atoms with van der Waals surface area (Å²) in [4.78, 5) is 32.5. The topological polar surface area (TPSA) is 67.2 Å². The van der Waals surface area contributed by atoms with Crippen molar-refractivity contribution in [1.29, 1.82) is 0 Å². The molecule has 4 rings (SSSR count). The molecular weight excluding hydrogens is 471 g/mol. The van der Waals surface area contributed by atoms with Gasteiger partial charge in [-0.3, -0.25) is 14.2 Å². The Balaban J connectivity index is 1.91. The van der Waals surface area contributed by atoms with Crippen LogP contribution < -0.4 is 15.6 Å². The van der Waals surface area contributed by atoms with Gasteiger partial charge in [0.15, 0.2) is 5.65 Å². The quantitative estimate of drug-likeness (QED) is 0.528. The molecule has 3 aromatic rings. The Bertz CT molecular complexity index is 1330. The lowest BCUT2D eigenvalue weighted by molar-refractivity contribution is -0.162. The van der Waals surface area contributed by atoms with Crippen LogP contribution in [0.5, 0.6) is 0 Å². The number of amides is 1. The number of nitrogens with one attached hydrogen (secondary N) is 1. The molecule has 35 heavy (non-hydrogen) atoms. The van der Waals surface area contributed by atoms with Crippen LogP contribution in [0, 0.1) is 17.6 Å². The lowest BCUT2D eigenvalue weighted by Crippen LogP contribution is -2.49. The van der Waals surface area contributed by atoms with E-state index < -0.39 is 46.7 Å². The van der Waals surface area contributed by atoms with Gasteiger partial charge in [-0.15, -0.1) is 0 Å². The van der Waals surface area contributed by atoms with Gasteiger partial charge in [0.1, 0.15) is 29.1 Å². The summed E-state index contributed by atoms with van der Waals surface area (Å²) in [5, 5.41) is 1.79. The molecule has 6 nitrogen and oxygen atoms in total. The van der Waals surface area contributed by atoms with Gasteiger partial charge in [-0.25, -0.2) is 13.8 Å². The molecule has 1 aliphatic rings. The zero-order chi connectivity index (χ0) is 25.5. The van der Waals surface area contributed by atoms with Crippen LogP contribution in [0.2, 0.25) is 0 Å². The molecule has 1 aliphatic heterocycles. The Kier molecular flexibility index (Phi) is 6.52. The number of nitrogens with zero attached hydrogens (tertiary/aromatic N) is 3. The maximum Gasteiger partial charge on any atom is 0.408 e. The fraction of sp³-hybridized carbons (Fsp3) is 0.375. The van der Waals surface area contributed by atoms with Crippen molar-refractivity contribution in [2.75, 3.05) is 18.0 Å². The molecule has 1 aromatic carbocycles. The molecule has 1 saturated heterocycles. The number of rotatable bonds is 5. The Morgan fingerprint density at radius 2 is 1.77 bits per heavy atom. The van der Waals surface area contributed by atoms with Gasteiger partial charge in [-0.2, -0.15) is 13.2 Å². The van der Waals surface area contributed by atoms with E-state index in [1.165, 1.54) is 19.9 Å². The number of hydrogen-bond donors (Lipinski definition) is 1. The fourth-order valence-corrected chi connectivity index (χ4v) is 4.18. The number of benzene rings is 1. The van der Waals surface area contributed by atoms with Crippen LogP contribution in [-0.4, -0.2) is 40.8 Å². The van der Waals surface area contributed by atoms with Crippen molar-refractivity contribution in [3.05, 3.63) is 63.9 Å². The van der Waals surface area contributed by atoms with Crippen LogP contribution in [-0.2, 0) is 0 Å². The molecule has 1 amide bonds. The van der Waals surface area contributed by atoms with Gasteiger partial charge in [0.2, 0.25) is 5.43 Å². The molecule has 2 aromatic heterocycles. The molecule has 0 spiro atoms. The van der Waals surface area contributed by atoms with E-state index >= 15 is 0 Å². The van der Waals surface area contributed by atoms with E-state index in [9.17, 15) is 31.5 Å². The Morgan fingerprint density at radius 3 is 2.37 bits per heavy atom. The zero-order valence-electron chi connectivity index (χ0n) is 19.0. The molecule has 11 heteroatoms. The minimum Gasteiger partial charge on any atom is -0.357 e. The number of pyridine rings is 2. The molecule has 1 unspecified atom stereocenters. The summed E-state index contributed by atoms with van der Waals surface area (Å²) in [5.74, 6) is -3.57. The van der Waals surface area contributed by atoms with Gasteiger partial charge in [0.05, 0.1) is 11.1 Å². The largest absolute Gasteiger partial charge is 0.408 e. The van der Waals surface area contributed by atoms with Crippen LogP contribution in [0.4, 0.5) is 27.8 Å². The number of fused-ring (bicyclic) bond motifs is 1. The molecule has 0 aliphatic carbocycles. The minimum absolute atomic E-state index is 0.00214. The van der Waals surface area contributed by atoms with Gasteiger partial charge in [-0.1, -0.05) is 13.8 Å². The summed E-state index contributed by atoms with van der Waals surface area (Å²) >= 11 is 0. The van der Waals surface area contributed by atoms with Gasteiger partial charge in [-0.05, 0) is 43.0 Å². The van der Waals surface area contributed by atoms with E-state index in [2.05, 4.69) is 4.98 Å². The van der Waals surface area contributed by atoms with Gasteiger partial charge < -0.3 is 10.2 Å². The number of halogens is 5. The summed E-state index contributed by atoms with van der Waals surface area (Å²) < 4.78 is 69.7. The van der Waals surface area contributed by atoms with Crippen molar-refractivity contribution in [3.63, 3.8) is 0 Å². The van der Waals surface area contributed by atoms with Crippen molar-refractivity contribution in [2.24, 2.45) is 5.92 Å². The predicted octanol–water partition coefficient (Wildman–Crippen LogP) is 4.58. The number of alkyl halides is 3.